The number of thiophene rings is 2. The SMILES string of the molecule is C.C.C.C.C.C.C.C.C#CCCCC(=O)NCCN(CCSCCC(=O)O)C(=O)CC.CC.CC.CCCN(CCc1cccs1)C1CCc2c(cccc2OC(=O)CC)C1.CCCN(CCc1cccs1)C1CCc2c(cccc2OC(=O)CN2CCC(CCCC(=O)NCCN(CCSCCC(=O)O)C(=O)CC)C2)C1. The summed E-state index contributed by atoms with van der Waals surface area (Å²) in [4.78, 5) is 108. The van der Waals surface area contributed by atoms with Crippen molar-refractivity contribution >= 4 is 93.7 Å². The van der Waals surface area contributed by atoms with E-state index in [2.05, 4.69) is 92.3 Å². The van der Waals surface area contributed by atoms with Crippen LogP contribution in [0.5, 0.6) is 11.5 Å². The molecular formula is C89H157N7O12S4. The van der Waals surface area contributed by atoms with Crippen LogP contribution in [0.3, 0.4) is 0 Å². The Morgan fingerprint density at radius 3 is 1.37 bits per heavy atom. The second kappa shape index (κ2) is 71.3. The molecule has 112 heavy (non-hydrogen) atoms. The molecule has 7 rings (SSSR count). The largest absolute Gasteiger partial charge is 0.481 e. The lowest BCUT2D eigenvalue weighted by atomic mass is 9.86. The highest BCUT2D eigenvalue weighted by Crippen LogP contribution is 2.34. The van der Waals surface area contributed by atoms with E-state index in [1.165, 1.54) is 62.0 Å². The third-order valence-electron chi connectivity index (χ3n) is 18.2. The van der Waals surface area contributed by atoms with Crippen molar-refractivity contribution < 1.29 is 58.0 Å². The van der Waals surface area contributed by atoms with E-state index < -0.39 is 11.9 Å². The Morgan fingerprint density at radius 1 is 0.536 bits per heavy atom. The van der Waals surface area contributed by atoms with Crippen LogP contribution in [0.2, 0.25) is 0 Å². The minimum Gasteiger partial charge on any atom is -0.481 e. The highest BCUT2D eigenvalue weighted by Gasteiger charge is 2.30. The van der Waals surface area contributed by atoms with E-state index in [-0.39, 0.29) is 114 Å². The number of benzene rings is 2. The van der Waals surface area contributed by atoms with Gasteiger partial charge in [0.2, 0.25) is 23.6 Å². The summed E-state index contributed by atoms with van der Waals surface area (Å²) < 4.78 is 11.5. The van der Waals surface area contributed by atoms with Crippen LogP contribution < -0.4 is 20.1 Å². The molecule has 1 aliphatic heterocycles. The summed E-state index contributed by atoms with van der Waals surface area (Å²) in [5.41, 5.74) is 5.07. The number of amides is 4. The minimum absolute atomic E-state index is 0. The molecule has 644 valence electrons. The zero-order valence-electron chi connectivity index (χ0n) is 64.2. The fourth-order valence-electron chi connectivity index (χ4n) is 12.9. The summed E-state index contributed by atoms with van der Waals surface area (Å²) in [6, 6.07) is 22.2. The number of carboxylic acid groups (broad SMARTS) is 2. The molecule has 3 atom stereocenters. The number of likely N-dealkylation sites (tertiary alicyclic amines) is 1. The Labute approximate surface area is 698 Å². The molecule has 19 nitrogen and oxygen atoms in total. The van der Waals surface area contributed by atoms with Gasteiger partial charge in [0.05, 0.1) is 19.4 Å². The maximum Gasteiger partial charge on any atom is 0.325 e. The molecule has 23 heteroatoms. The number of ether oxygens (including phenoxy) is 2. The molecule has 3 heterocycles. The van der Waals surface area contributed by atoms with Crippen LogP contribution in [0, 0.1) is 18.3 Å². The molecule has 4 N–H and O–H groups in total. The first-order chi connectivity index (χ1) is 50.5. The van der Waals surface area contributed by atoms with Gasteiger partial charge < -0.3 is 40.1 Å². The zero-order valence-corrected chi connectivity index (χ0v) is 67.4. The van der Waals surface area contributed by atoms with Gasteiger partial charge in [-0.3, -0.25) is 53.1 Å². The third kappa shape index (κ3) is 47.6. The summed E-state index contributed by atoms with van der Waals surface area (Å²) in [7, 11) is 0. The van der Waals surface area contributed by atoms with E-state index >= 15 is 0 Å². The molecule has 1 saturated heterocycles. The van der Waals surface area contributed by atoms with Crippen molar-refractivity contribution in [2.75, 3.05) is 108 Å². The summed E-state index contributed by atoms with van der Waals surface area (Å²) >= 11 is 6.72. The molecule has 0 spiro atoms. The van der Waals surface area contributed by atoms with Crippen molar-refractivity contribution in [1.29, 1.82) is 0 Å². The van der Waals surface area contributed by atoms with Crippen molar-refractivity contribution in [2.24, 2.45) is 5.92 Å². The molecule has 3 unspecified atom stereocenters. The summed E-state index contributed by atoms with van der Waals surface area (Å²) in [5.74, 6) is 4.87. The lowest BCUT2D eigenvalue weighted by molar-refractivity contribution is -0.137. The van der Waals surface area contributed by atoms with Gasteiger partial charge in [-0.05, 0) is 173 Å². The van der Waals surface area contributed by atoms with Crippen LogP contribution in [-0.4, -0.2) is 202 Å². The van der Waals surface area contributed by atoms with E-state index in [1.807, 2.05) is 88.5 Å². The van der Waals surface area contributed by atoms with Gasteiger partial charge in [0.15, 0.2) is 0 Å². The number of carbonyl (C=O) groups is 8. The average Bonchev–Trinajstić information content (AvgIpc) is 0.859. The highest BCUT2D eigenvalue weighted by atomic mass is 32.2. The van der Waals surface area contributed by atoms with Gasteiger partial charge in [0, 0.05) is 142 Å². The smallest absolute Gasteiger partial charge is 0.325 e. The van der Waals surface area contributed by atoms with Crippen LogP contribution >= 0.6 is 46.2 Å². The van der Waals surface area contributed by atoms with Gasteiger partial charge in [-0.15, -0.1) is 35.0 Å². The number of thioether (sulfide) groups is 2. The van der Waals surface area contributed by atoms with E-state index in [1.54, 1.807) is 16.7 Å². The maximum atomic E-state index is 13.1. The Morgan fingerprint density at radius 2 is 0.973 bits per heavy atom. The van der Waals surface area contributed by atoms with Crippen LogP contribution in [0.1, 0.15) is 256 Å². The molecule has 0 saturated carbocycles. The second-order valence-electron chi connectivity index (χ2n) is 25.6. The standard InChI is InChI=1S/C39H58N4O6S2.C22H29NO2S.C16H26N2O4S.2C2H6.8CH4/c1-3-19-42(21-16-33-10-7-24-51-33)32-13-14-34-31(27-32)9-6-11-35(34)49-39(48)29-41-20-15-30(28-41)8-5-12-36(44)40-18-22-43(37(45)4-2)23-26-50-25-17-38(46)47;1-3-13-23(14-12-19-8-6-15-26-19)18-10-11-20-17(16-18)7-5-9-21(20)25-22(24)4-2;1-3-5-6-7-14(19)17-9-10-18(15(20)4-2)11-13-23-12-8-16(21)22;2*1-2;;;;;;;;/h6-7,9-11,24,30,32H,3-5,8,12-23,25-29H2,1-2H3,(H,40,44)(H,46,47);5-9,15,18H,3-4,10-14,16H2,1-2H3;1H,4-13H2,2H3,(H,17,19)(H,21,22);2*1-2H3;8*1H4. The number of hydrogen-bond donors (Lipinski definition) is 4. The molecule has 4 amide bonds. The van der Waals surface area contributed by atoms with Gasteiger partial charge in [-0.25, -0.2) is 0 Å². The number of carboxylic acids is 2. The van der Waals surface area contributed by atoms with E-state index in [9.17, 15) is 38.4 Å². The van der Waals surface area contributed by atoms with E-state index in [0.29, 0.717) is 125 Å². The molecule has 1 fully saturated rings. The summed E-state index contributed by atoms with van der Waals surface area (Å²) in [6.45, 7) is 27.2. The molecule has 3 aliphatic rings. The second-order valence-corrected chi connectivity index (χ2v) is 30.1. The van der Waals surface area contributed by atoms with Crippen LogP contribution in [-0.2, 0) is 76.9 Å². The van der Waals surface area contributed by atoms with E-state index in [0.717, 1.165) is 128 Å². The van der Waals surface area contributed by atoms with Crippen molar-refractivity contribution in [1.82, 2.24) is 35.1 Å². The fourth-order valence-corrected chi connectivity index (χ4v) is 16.0. The van der Waals surface area contributed by atoms with Crippen molar-refractivity contribution in [3.8, 4) is 23.8 Å². The number of carbonyl (C=O) groups excluding carboxylic acids is 6. The van der Waals surface area contributed by atoms with Gasteiger partial charge in [0.25, 0.3) is 0 Å². The van der Waals surface area contributed by atoms with Crippen molar-refractivity contribution in [2.45, 2.75) is 275 Å². The maximum absolute atomic E-state index is 13.1. The number of nitrogens with one attached hydrogen (secondary N) is 2. The van der Waals surface area contributed by atoms with Crippen LogP contribution in [0.4, 0.5) is 0 Å². The summed E-state index contributed by atoms with van der Waals surface area (Å²) in [6.07, 6.45) is 22.1. The number of hydrogen-bond acceptors (Lipinski definition) is 17. The van der Waals surface area contributed by atoms with Crippen LogP contribution in [0.15, 0.2) is 71.4 Å². The Kier molecular flexibility index (Phi) is 74.2. The van der Waals surface area contributed by atoms with Gasteiger partial charge in [0.1, 0.15) is 11.5 Å². The first kappa shape index (κ1) is 117. The number of aliphatic carboxylic acids is 2. The molecule has 2 aliphatic carbocycles. The topological polar surface area (TPSA) is 236 Å². The van der Waals surface area contributed by atoms with E-state index in [4.69, 9.17) is 26.1 Å². The third-order valence-corrected chi connectivity index (χ3v) is 22.0. The predicted molar refractivity (Wildman–Crippen MR) is 482 cm³/mol. The minimum atomic E-state index is -0.817. The van der Waals surface area contributed by atoms with Crippen molar-refractivity contribution in [3.05, 3.63) is 103 Å². The molecular weight excluding hydrogens is 1490 g/mol. The molecule has 4 aromatic rings. The molecule has 2 aromatic heterocycles. The Bertz CT molecular complexity index is 3130. The van der Waals surface area contributed by atoms with Crippen molar-refractivity contribution in [3.63, 3.8) is 0 Å². The summed E-state index contributed by atoms with van der Waals surface area (Å²) in [5, 5.41) is 27.4. The lowest BCUT2D eigenvalue weighted by Crippen LogP contribution is -2.41. The van der Waals surface area contributed by atoms with Gasteiger partial charge in [-0.2, -0.15) is 23.5 Å². The van der Waals surface area contributed by atoms with Gasteiger partial charge >= 0.3 is 23.9 Å². The fraction of sp³-hybridized carbons (Fsp3) is 0.663. The Hall–Kier alpha value is -6.26. The first-order valence-corrected chi connectivity index (χ1v) is 42.5. The normalized spacial score (nSPS) is 13.9. The lowest BCUT2D eigenvalue weighted by Gasteiger charge is -2.35. The highest BCUT2D eigenvalue weighted by molar-refractivity contribution is 7.99. The molecule has 2 aromatic carbocycles. The zero-order chi connectivity index (χ0) is 76.3. The number of rotatable bonds is 44. The number of nitrogens with zero attached hydrogens (tertiary/aromatic N) is 5. The van der Waals surface area contributed by atoms with Crippen LogP contribution in [0.25, 0.3) is 0 Å². The quantitative estimate of drug-likeness (QED) is 0.0139. The number of terminal acetylenes is 1. The number of esters is 2. The number of unbranched alkanes of at least 4 members (excludes halogenated alkanes) is 1. The Balaban J connectivity index is -0.000000391. The molecule has 0 radical (unpaired) electrons. The molecule has 0 bridgehead atoms. The monoisotopic (exact) mass is 1640 g/mol. The number of fused-ring (bicyclic) bond motifs is 2. The first-order valence-electron chi connectivity index (χ1n) is 38.5. The average molecular weight is 1650 g/mol. The predicted octanol–water partition coefficient (Wildman–Crippen LogP) is 18.9. The van der Waals surface area contributed by atoms with Gasteiger partial charge in [-0.1, -0.05) is 158 Å².